The zero-order valence-corrected chi connectivity index (χ0v) is 13.5. The number of nitrogens with one attached hydrogen (secondary N) is 1. The van der Waals surface area contributed by atoms with Crippen LogP contribution in [0.25, 0.3) is 10.8 Å². The van der Waals surface area contributed by atoms with E-state index in [-0.39, 0.29) is 11.9 Å². The SMILES string of the molecule is C[C@H](Nc1ccc2c3c(cccc13)CC2)C(=O)N1CCOCC1. The Labute approximate surface area is 136 Å². The van der Waals surface area contributed by atoms with Crippen LogP contribution in [-0.4, -0.2) is 43.2 Å². The van der Waals surface area contributed by atoms with Crippen molar-refractivity contribution < 1.29 is 9.53 Å². The highest BCUT2D eigenvalue weighted by Gasteiger charge is 2.23. The highest BCUT2D eigenvalue weighted by Crippen LogP contribution is 2.35. The maximum atomic E-state index is 12.6. The summed E-state index contributed by atoms with van der Waals surface area (Å²) >= 11 is 0. The molecule has 0 bridgehead atoms. The lowest BCUT2D eigenvalue weighted by atomic mass is 10.0. The minimum absolute atomic E-state index is 0.150. The van der Waals surface area contributed by atoms with Crippen molar-refractivity contribution in [2.24, 2.45) is 0 Å². The van der Waals surface area contributed by atoms with Crippen LogP contribution in [0.2, 0.25) is 0 Å². The first-order valence-electron chi connectivity index (χ1n) is 8.40. The molecule has 1 atom stereocenters. The van der Waals surface area contributed by atoms with E-state index in [0.29, 0.717) is 26.3 Å². The Kier molecular flexibility index (Phi) is 3.69. The second-order valence-corrected chi connectivity index (χ2v) is 6.42. The Balaban J connectivity index is 1.59. The summed E-state index contributed by atoms with van der Waals surface area (Å²) in [6.45, 7) is 4.60. The fourth-order valence-corrected chi connectivity index (χ4v) is 3.73. The van der Waals surface area contributed by atoms with Crippen molar-refractivity contribution >= 4 is 22.4 Å². The molecule has 4 rings (SSSR count). The molecule has 2 aromatic carbocycles. The molecular formula is C19H22N2O2. The van der Waals surface area contributed by atoms with Gasteiger partial charge in [0, 0.05) is 24.2 Å². The molecule has 1 amide bonds. The number of anilines is 1. The summed E-state index contributed by atoms with van der Waals surface area (Å²) in [6.07, 6.45) is 2.25. The summed E-state index contributed by atoms with van der Waals surface area (Å²) in [5, 5.41) is 6.05. The minimum atomic E-state index is -0.230. The van der Waals surface area contributed by atoms with Crippen LogP contribution < -0.4 is 5.32 Å². The first-order valence-corrected chi connectivity index (χ1v) is 8.40. The number of amides is 1. The van der Waals surface area contributed by atoms with Crippen molar-refractivity contribution in [3.05, 3.63) is 41.5 Å². The van der Waals surface area contributed by atoms with Crippen molar-refractivity contribution in [1.29, 1.82) is 0 Å². The van der Waals surface area contributed by atoms with Crippen molar-refractivity contribution in [3.63, 3.8) is 0 Å². The van der Waals surface area contributed by atoms with E-state index < -0.39 is 0 Å². The Morgan fingerprint density at radius 2 is 1.87 bits per heavy atom. The van der Waals surface area contributed by atoms with Gasteiger partial charge in [-0.2, -0.15) is 0 Å². The largest absolute Gasteiger partial charge is 0.378 e. The van der Waals surface area contributed by atoms with Gasteiger partial charge in [0.2, 0.25) is 5.91 Å². The predicted molar refractivity (Wildman–Crippen MR) is 91.8 cm³/mol. The lowest BCUT2D eigenvalue weighted by Crippen LogP contribution is -2.47. The number of hydrogen-bond acceptors (Lipinski definition) is 3. The van der Waals surface area contributed by atoms with Gasteiger partial charge in [-0.3, -0.25) is 4.79 Å². The number of hydrogen-bond donors (Lipinski definition) is 1. The molecule has 1 saturated heterocycles. The number of benzene rings is 2. The van der Waals surface area contributed by atoms with Crippen LogP contribution in [0, 0.1) is 0 Å². The number of carbonyl (C=O) groups is 1. The first-order chi connectivity index (χ1) is 11.2. The van der Waals surface area contributed by atoms with Crippen LogP contribution in [0.15, 0.2) is 30.3 Å². The van der Waals surface area contributed by atoms with Crippen molar-refractivity contribution in [2.45, 2.75) is 25.8 Å². The molecule has 0 saturated carbocycles. The molecular weight excluding hydrogens is 288 g/mol. The maximum absolute atomic E-state index is 12.6. The van der Waals surface area contributed by atoms with Gasteiger partial charge in [0.05, 0.1) is 13.2 Å². The number of carbonyl (C=O) groups excluding carboxylic acids is 1. The third-order valence-electron chi connectivity index (χ3n) is 4.94. The van der Waals surface area contributed by atoms with Crippen LogP contribution in [-0.2, 0) is 22.4 Å². The van der Waals surface area contributed by atoms with E-state index in [2.05, 4.69) is 35.6 Å². The smallest absolute Gasteiger partial charge is 0.244 e. The monoisotopic (exact) mass is 310 g/mol. The number of rotatable bonds is 3. The molecule has 4 nitrogen and oxygen atoms in total. The van der Waals surface area contributed by atoms with Crippen LogP contribution in [0.3, 0.4) is 0 Å². The number of nitrogens with zero attached hydrogens (tertiary/aromatic N) is 1. The Morgan fingerprint density at radius 3 is 2.65 bits per heavy atom. The lowest BCUT2D eigenvalue weighted by molar-refractivity contribution is -0.135. The van der Waals surface area contributed by atoms with Gasteiger partial charge in [0.1, 0.15) is 6.04 Å². The molecule has 2 aromatic rings. The second-order valence-electron chi connectivity index (χ2n) is 6.42. The van der Waals surface area contributed by atoms with Gasteiger partial charge in [0.15, 0.2) is 0 Å². The number of morpholine rings is 1. The van der Waals surface area contributed by atoms with Gasteiger partial charge in [-0.1, -0.05) is 24.3 Å². The van der Waals surface area contributed by atoms with Gasteiger partial charge in [-0.15, -0.1) is 0 Å². The number of aryl methyl sites for hydroxylation is 2. The van der Waals surface area contributed by atoms with E-state index in [1.807, 2.05) is 11.8 Å². The maximum Gasteiger partial charge on any atom is 0.244 e. The summed E-state index contributed by atoms with van der Waals surface area (Å²) in [5.41, 5.74) is 3.91. The zero-order valence-electron chi connectivity index (χ0n) is 13.5. The molecule has 1 heterocycles. The van der Waals surface area contributed by atoms with Crippen LogP contribution in [0.5, 0.6) is 0 Å². The van der Waals surface area contributed by atoms with Gasteiger partial charge >= 0.3 is 0 Å². The highest BCUT2D eigenvalue weighted by atomic mass is 16.5. The standard InChI is InChI=1S/C19H22N2O2/c1-13(19(22)21-9-11-23-12-10-21)20-17-8-7-15-6-5-14-3-2-4-16(17)18(14)15/h2-4,7-8,13,20H,5-6,9-12H2,1H3/t13-/m0/s1. The fourth-order valence-electron chi connectivity index (χ4n) is 3.73. The van der Waals surface area contributed by atoms with Crippen LogP contribution in [0.1, 0.15) is 18.1 Å². The van der Waals surface area contributed by atoms with E-state index in [1.165, 1.54) is 21.9 Å². The Morgan fingerprint density at radius 1 is 1.13 bits per heavy atom. The molecule has 1 aliphatic carbocycles. The third-order valence-corrected chi connectivity index (χ3v) is 4.94. The molecule has 4 heteroatoms. The van der Waals surface area contributed by atoms with Gasteiger partial charge in [-0.25, -0.2) is 0 Å². The molecule has 23 heavy (non-hydrogen) atoms. The van der Waals surface area contributed by atoms with Gasteiger partial charge in [-0.05, 0) is 42.3 Å². The molecule has 1 aliphatic heterocycles. The highest BCUT2D eigenvalue weighted by molar-refractivity contribution is 6.00. The van der Waals surface area contributed by atoms with E-state index in [4.69, 9.17) is 4.74 Å². The summed E-state index contributed by atoms with van der Waals surface area (Å²) in [7, 11) is 0. The third kappa shape index (κ3) is 2.57. The summed E-state index contributed by atoms with van der Waals surface area (Å²) < 4.78 is 5.32. The molecule has 120 valence electrons. The normalized spacial score (nSPS) is 18.2. The van der Waals surface area contributed by atoms with E-state index in [0.717, 1.165) is 18.5 Å². The molecule has 0 unspecified atom stereocenters. The summed E-state index contributed by atoms with van der Waals surface area (Å²) in [4.78, 5) is 14.5. The molecule has 1 fully saturated rings. The van der Waals surface area contributed by atoms with E-state index >= 15 is 0 Å². The zero-order chi connectivity index (χ0) is 15.8. The molecule has 0 aromatic heterocycles. The molecule has 0 radical (unpaired) electrons. The van der Waals surface area contributed by atoms with Crippen LogP contribution >= 0.6 is 0 Å². The topological polar surface area (TPSA) is 41.6 Å². The predicted octanol–water partition coefficient (Wildman–Crippen LogP) is 2.60. The fraction of sp³-hybridized carbons (Fsp3) is 0.421. The average Bonchev–Trinajstić information content (AvgIpc) is 3.02. The van der Waals surface area contributed by atoms with E-state index in [9.17, 15) is 4.79 Å². The van der Waals surface area contributed by atoms with Gasteiger partial charge in [0.25, 0.3) is 0 Å². The van der Waals surface area contributed by atoms with Crippen LogP contribution in [0.4, 0.5) is 5.69 Å². The summed E-state index contributed by atoms with van der Waals surface area (Å²) in [6, 6.07) is 10.6. The Hall–Kier alpha value is -2.07. The molecule has 1 N–H and O–H groups in total. The first kappa shape index (κ1) is 14.5. The lowest BCUT2D eigenvalue weighted by Gasteiger charge is -2.30. The summed E-state index contributed by atoms with van der Waals surface area (Å²) in [5.74, 6) is 0.150. The quantitative estimate of drug-likeness (QED) is 0.947. The van der Waals surface area contributed by atoms with Gasteiger partial charge < -0.3 is 15.0 Å². The average molecular weight is 310 g/mol. The van der Waals surface area contributed by atoms with Crippen molar-refractivity contribution in [3.8, 4) is 0 Å². The second kappa shape index (κ2) is 5.85. The minimum Gasteiger partial charge on any atom is -0.378 e. The number of ether oxygens (including phenoxy) is 1. The van der Waals surface area contributed by atoms with Crippen molar-refractivity contribution in [2.75, 3.05) is 31.6 Å². The molecule has 2 aliphatic rings. The molecule has 0 spiro atoms. The van der Waals surface area contributed by atoms with E-state index in [1.54, 1.807) is 0 Å². The Bertz CT molecular complexity index is 740. The van der Waals surface area contributed by atoms with Crippen molar-refractivity contribution in [1.82, 2.24) is 4.90 Å².